The lowest BCUT2D eigenvalue weighted by molar-refractivity contribution is 0.0525. The van der Waals surface area contributed by atoms with Gasteiger partial charge in [-0.2, -0.15) is 0 Å². The number of fused-ring (bicyclic) bond motifs is 1. The molecule has 122 valence electrons. The van der Waals surface area contributed by atoms with Crippen molar-refractivity contribution in [2.75, 3.05) is 6.61 Å². The molecule has 24 heavy (non-hydrogen) atoms. The number of pyridine rings is 2. The summed E-state index contributed by atoms with van der Waals surface area (Å²) in [6.45, 7) is 3.68. The monoisotopic (exact) mass is 324 g/mol. The second kappa shape index (κ2) is 6.16. The third-order valence-corrected chi connectivity index (χ3v) is 3.70. The van der Waals surface area contributed by atoms with Gasteiger partial charge >= 0.3 is 5.97 Å². The van der Waals surface area contributed by atoms with Gasteiger partial charge < -0.3 is 9.84 Å². The number of esters is 1. The lowest BCUT2D eigenvalue weighted by atomic mass is 10.1. The number of aryl methyl sites for hydroxylation is 1. The largest absolute Gasteiger partial charge is 0.508 e. The van der Waals surface area contributed by atoms with Gasteiger partial charge in [-0.25, -0.2) is 4.79 Å². The average molecular weight is 324 g/mol. The molecule has 0 saturated heterocycles. The summed E-state index contributed by atoms with van der Waals surface area (Å²) >= 11 is 0. The fraction of sp³-hybridized carbons (Fsp3) is 0.167. The van der Waals surface area contributed by atoms with Crippen molar-refractivity contribution in [2.24, 2.45) is 0 Å². The van der Waals surface area contributed by atoms with Crippen LogP contribution in [0.2, 0.25) is 0 Å². The van der Waals surface area contributed by atoms with E-state index in [2.05, 4.69) is 4.98 Å². The molecule has 0 unspecified atom stereocenters. The van der Waals surface area contributed by atoms with Crippen molar-refractivity contribution in [2.45, 2.75) is 13.8 Å². The van der Waals surface area contributed by atoms with Crippen molar-refractivity contribution in [1.29, 1.82) is 0 Å². The van der Waals surface area contributed by atoms with Crippen LogP contribution in [0.3, 0.4) is 0 Å². The van der Waals surface area contributed by atoms with E-state index in [0.29, 0.717) is 22.3 Å². The molecule has 1 N–H and O–H groups in total. The first-order chi connectivity index (χ1) is 11.5. The Morgan fingerprint density at radius 1 is 1.25 bits per heavy atom. The van der Waals surface area contributed by atoms with E-state index < -0.39 is 5.97 Å². The second-order valence-corrected chi connectivity index (χ2v) is 5.28. The number of ether oxygens (including phenoxy) is 1. The summed E-state index contributed by atoms with van der Waals surface area (Å²) in [4.78, 5) is 29.1. The number of aromatic hydroxyl groups is 1. The Bertz CT molecular complexity index is 975. The Labute approximate surface area is 138 Å². The van der Waals surface area contributed by atoms with Crippen molar-refractivity contribution in [3.05, 3.63) is 64.2 Å². The zero-order chi connectivity index (χ0) is 17.3. The molecule has 6 nitrogen and oxygen atoms in total. The quantitative estimate of drug-likeness (QED) is 0.749. The normalized spacial score (nSPS) is 10.8. The van der Waals surface area contributed by atoms with E-state index in [9.17, 15) is 14.7 Å². The van der Waals surface area contributed by atoms with E-state index in [4.69, 9.17) is 4.74 Å². The summed E-state index contributed by atoms with van der Waals surface area (Å²) in [7, 11) is 0. The SMILES string of the molecule is CCOC(=O)c1cc2c(=O)n(-c3ccc(O)cc3)ccc2nc1C. The highest BCUT2D eigenvalue weighted by Gasteiger charge is 2.15. The van der Waals surface area contributed by atoms with Crippen molar-refractivity contribution in [3.8, 4) is 11.4 Å². The van der Waals surface area contributed by atoms with E-state index in [0.717, 1.165) is 0 Å². The summed E-state index contributed by atoms with van der Waals surface area (Å²) in [6.07, 6.45) is 1.62. The van der Waals surface area contributed by atoms with Gasteiger partial charge in [0.2, 0.25) is 0 Å². The Morgan fingerprint density at radius 2 is 1.96 bits per heavy atom. The molecule has 3 rings (SSSR count). The van der Waals surface area contributed by atoms with Crippen LogP contribution in [0.5, 0.6) is 5.75 Å². The highest BCUT2D eigenvalue weighted by molar-refractivity contribution is 5.94. The summed E-state index contributed by atoms with van der Waals surface area (Å²) in [5.41, 5.74) is 1.63. The predicted octanol–water partition coefficient (Wildman–Crippen LogP) is 2.58. The predicted molar refractivity (Wildman–Crippen MR) is 89.7 cm³/mol. The lowest BCUT2D eigenvalue weighted by Gasteiger charge is -2.10. The smallest absolute Gasteiger partial charge is 0.339 e. The maximum Gasteiger partial charge on any atom is 0.339 e. The van der Waals surface area contributed by atoms with E-state index >= 15 is 0 Å². The van der Waals surface area contributed by atoms with Gasteiger partial charge in [-0.3, -0.25) is 14.3 Å². The third-order valence-electron chi connectivity index (χ3n) is 3.70. The molecule has 0 radical (unpaired) electrons. The molecule has 6 heteroatoms. The van der Waals surface area contributed by atoms with Crippen LogP contribution in [-0.4, -0.2) is 27.2 Å². The topological polar surface area (TPSA) is 81.4 Å². The number of phenols is 1. The first-order valence-corrected chi connectivity index (χ1v) is 7.51. The van der Waals surface area contributed by atoms with Gasteiger partial charge in [0.1, 0.15) is 5.75 Å². The minimum absolute atomic E-state index is 0.120. The van der Waals surface area contributed by atoms with Gasteiger partial charge in [-0.15, -0.1) is 0 Å². The molecule has 0 aliphatic heterocycles. The first-order valence-electron chi connectivity index (χ1n) is 7.51. The Hall–Kier alpha value is -3.15. The van der Waals surface area contributed by atoms with Gasteiger partial charge in [0.05, 0.1) is 28.8 Å². The molecule has 0 atom stereocenters. The number of carbonyl (C=O) groups is 1. The van der Waals surface area contributed by atoms with Crippen molar-refractivity contribution >= 4 is 16.9 Å². The molecule has 2 heterocycles. The number of aromatic nitrogens is 2. The van der Waals surface area contributed by atoms with Crippen LogP contribution in [0.25, 0.3) is 16.6 Å². The summed E-state index contributed by atoms with van der Waals surface area (Å²) in [6, 6.07) is 9.51. The van der Waals surface area contributed by atoms with Crippen LogP contribution in [0.15, 0.2) is 47.4 Å². The lowest BCUT2D eigenvalue weighted by Crippen LogP contribution is -2.19. The van der Waals surface area contributed by atoms with Gasteiger partial charge in [0, 0.05) is 11.9 Å². The van der Waals surface area contributed by atoms with Gasteiger partial charge in [-0.05, 0) is 50.2 Å². The molecule has 0 saturated carbocycles. The number of hydrogen-bond donors (Lipinski definition) is 1. The fourth-order valence-corrected chi connectivity index (χ4v) is 2.50. The van der Waals surface area contributed by atoms with E-state index in [-0.39, 0.29) is 23.5 Å². The zero-order valence-electron chi connectivity index (χ0n) is 13.3. The minimum atomic E-state index is -0.496. The molecule has 2 aromatic heterocycles. The number of benzene rings is 1. The third kappa shape index (κ3) is 2.74. The average Bonchev–Trinajstić information content (AvgIpc) is 2.56. The van der Waals surface area contributed by atoms with Gasteiger partial charge in [-0.1, -0.05) is 0 Å². The van der Waals surface area contributed by atoms with Crippen molar-refractivity contribution in [1.82, 2.24) is 9.55 Å². The maximum absolute atomic E-state index is 12.8. The van der Waals surface area contributed by atoms with Crippen molar-refractivity contribution < 1.29 is 14.6 Å². The highest BCUT2D eigenvalue weighted by atomic mass is 16.5. The molecular formula is C18H16N2O4. The minimum Gasteiger partial charge on any atom is -0.508 e. The molecule has 0 aliphatic carbocycles. The fourth-order valence-electron chi connectivity index (χ4n) is 2.50. The van der Waals surface area contributed by atoms with Crippen LogP contribution in [0.1, 0.15) is 23.0 Å². The summed E-state index contributed by atoms with van der Waals surface area (Å²) in [5, 5.41) is 9.71. The van der Waals surface area contributed by atoms with Gasteiger partial charge in [0.15, 0.2) is 0 Å². The standard InChI is InChI=1S/C18H16N2O4/c1-3-24-18(23)14-10-15-16(19-11(14)2)8-9-20(17(15)22)12-4-6-13(21)7-5-12/h4-10,21H,3H2,1-2H3. The molecule has 3 aromatic rings. The summed E-state index contributed by atoms with van der Waals surface area (Å²) in [5.74, 6) is -0.377. The Kier molecular flexibility index (Phi) is 4.04. The molecular weight excluding hydrogens is 308 g/mol. The molecule has 0 amide bonds. The van der Waals surface area contributed by atoms with Gasteiger partial charge in [0.25, 0.3) is 5.56 Å². The first kappa shape index (κ1) is 15.7. The van der Waals surface area contributed by atoms with Crippen LogP contribution >= 0.6 is 0 Å². The van der Waals surface area contributed by atoms with E-state index in [1.54, 1.807) is 38.2 Å². The van der Waals surface area contributed by atoms with Crippen molar-refractivity contribution in [3.63, 3.8) is 0 Å². The maximum atomic E-state index is 12.8. The van der Waals surface area contributed by atoms with E-state index in [1.807, 2.05) is 0 Å². The number of nitrogens with zero attached hydrogens (tertiary/aromatic N) is 2. The Balaban J connectivity index is 2.20. The van der Waals surface area contributed by atoms with E-state index in [1.165, 1.54) is 22.8 Å². The van der Waals surface area contributed by atoms with Crippen LogP contribution in [0, 0.1) is 6.92 Å². The number of hydrogen-bond acceptors (Lipinski definition) is 5. The second-order valence-electron chi connectivity index (χ2n) is 5.28. The Morgan fingerprint density at radius 3 is 2.62 bits per heavy atom. The zero-order valence-corrected chi connectivity index (χ0v) is 13.3. The highest BCUT2D eigenvalue weighted by Crippen LogP contribution is 2.17. The number of phenolic OH excluding ortho intramolecular Hbond substituents is 1. The van der Waals surface area contributed by atoms with Crippen LogP contribution in [-0.2, 0) is 4.74 Å². The summed E-state index contributed by atoms with van der Waals surface area (Å²) < 4.78 is 6.45. The molecule has 1 aromatic carbocycles. The molecule has 0 bridgehead atoms. The number of rotatable bonds is 3. The molecule has 0 aliphatic rings. The van der Waals surface area contributed by atoms with Crippen LogP contribution in [0.4, 0.5) is 0 Å². The number of carbonyl (C=O) groups excluding carboxylic acids is 1. The molecule has 0 spiro atoms. The molecule has 0 fully saturated rings. The van der Waals surface area contributed by atoms with Crippen LogP contribution < -0.4 is 5.56 Å².